The molecular weight excluding hydrogens is 168 g/mol. The molecular formula is C14H28. The lowest BCUT2D eigenvalue weighted by atomic mass is 9.94. The Morgan fingerprint density at radius 2 is 1.50 bits per heavy atom. The van der Waals surface area contributed by atoms with Gasteiger partial charge >= 0.3 is 0 Å². The molecule has 0 nitrogen and oxygen atoms in total. The Morgan fingerprint density at radius 3 is 1.79 bits per heavy atom. The molecule has 0 saturated heterocycles. The molecule has 0 heterocycles. The molecule has 0 atom stereocenters. The van der Waals surface area contributed by atoms with Gasteiger partial charge in [-0.05, 0) is 39.2 Å². The smallest absolute Gasteiger partial charge is 0.0282 e. The second-order valence-electron chi connectivity index (χ2n) is 3.54. The fourth-order valence-electron chi connectivity index (χ4n) is 1.18. The first-order valence-electron chi connectivity index (χ1n) is 5.96. The lowest BCUT2D eigenvalue weighted by molar-refractivity contribution is 0.918. The molecule has 0 N–H and O–H groups in total. The highest BCUT2D eigenvalue weighted by Gasteiger charge is 2.03. The van der Waals surface area contributed by atoms with E-state index in [2.05, 4.69) is 40.7 Å². The van der Waals surface area contributed by atoms with Crippen molar-refractivity contribution in [3.63, 3.8) is 0 Å². The molecule has 1 aliphatic carbocycles. The van der Waals surface area contributed by atoms with Gasteiger partial charge in [0.1, 0.15) is 0 Å². The minimum Gasteiger partial charge on any atom is -0.0810 e. The summed E-state index contributed by atoms with van der Waals surface area (Å²) in [5, 5.41) is 0. The lowest BCUT2D eigenvalue weighted by Gasteiger charge is -2.12. The van der Waals surface area contributed by atoms with E-state index in [4.69, 9.17) is 0 Å². The fourth-order valence-corrected chi connectivity index (χ4v) is 1.18. The van der Waals surface area contributed by atoms with Crippen LogP contribution in [0.3, 0.4) is 0 Å². The largest absolute Gasteiger partial charge is 0.0810 e. The number of allylic oxidation sites excluding steroid dienone is 4. The van der Waals surface area contributed by atoms with Crippen molar-refractivity contribution >= 4 is 0 Å². The van der Waals surface area contributed by atoms with Gasteiger partial charge in [-0.15, -0.1) is 0 Å². The summed E-state index contributed by atoms with van der Waals surface area (Å²) in [6.45, 7) is 14.9. The van der Waals surface area contributed by atoms with E-state index in [1.54, 1.807) is 5.57 Å². The third-order valence-electron chi connectivity index (χ3n) is 2.20. The molecule has 14 heavy (non-hydrogen) atoms. The van der Waals surface area contributed by atoms with E-state index in [0.29, 0.717) is 0 Å². The summed E-state index contributed by atoms with van der Waals surface area (Å²) < 4.78 is 0. The van der Waals surface area contributed by atoms with E-state index in [1.165, 1.54) is 30.4 Å². The summed E-state index contributed by atoms with van der Waals surface area (Å²) in [4.78, 5) is 0. The van der Waals surface area contributed by atoms with Gasteiger partial charge in [0.05, 0.1) is 0 Å². The van der Waals surface area contributed by atoms with Crippen LogP contribution >= 0.6 is 0 Å². The summed E-state index contributed by atoms with van der Waals surface area (Å²) >= 11 is 0. The lowest BCUT2D eigenvalue weighted by Crippen LogP contribution is -1.92. The molecule has 0 fully saturated rings. The van der Waals surface area contributed by atoms with Crippen LogP contribution < -0.4 is 0 Å². The molecule has 0 aromatic carbocycles. The zero-order valence-electron chi connectivity index (χ0n) is 11.2. The van der Waals surface area contributed by atoms with Crippen LogP contribution in [0.5, 0.6) is 0 Å². The Labute approximate surface area is 91.1 Å². The van der Waals surface area contributed by atoms with Gasteiger partial charge in [0.2, 0.25) is 0 Å². The topological polar surface area (TPSA) is 0 Å². The van der Waals surface area contributed by atoms with Crippen molar-refractivity contribution in [1.82, 2.24) is 0 Å². The van der Waals surface area contributed by atoms with E-state index < -0.39 is 0 Å². The summed E-state index contributed by atoms with van der Waals surface area (Å²) in [5.74, 6) is 0. The summed E-state index contributed by atoms with van der Waals surface area (Å²) in [5.41, 5.74) is 4.54. The van der Waals surface area contributed by atoms with E-state index in [0.717, 1.165) is 0 Å². The van der Waals surface area contributed by atoms with Gasteiger partial charge in [-0.3, -0.25) is 0 Å². The molecule has 84 valence electrons. The molecule has 0 aliphatic heterocycles. The second kappa shape index (κ2) is 10.6. The van der Waals surface area contributed by atoms with Gasteiger partial charge in [0, 0.05) is 0 Å². The molecule has 0 saturated carbocycles. The average molecular weight is 196 g/mol. The minimum absolute atomic E-state index is 1.25. The van der Waals surface area contributed by atoms with E-state index in [-0.39, 0.29) is 0 Å². The fraction of sp³-hybridized carbons (Fsp3) is 0.714. The highest BCUT2D eigenvalue weighted by molar-refractivity contribution is 5.34. The van der Waals surface area contributed by atoms with Crippen LogP contribution in [0.4, 0.5) is 0 Å². The van der Waals surface area contributed by atoms with Crippen molar-refractivity contribution in [2.24, 2.45) is 0 Å². The average Bonchev–Trinajstić information content (AvgIpc) is 2.19. The van der Waals surface area contributed by atoms with Crippen LogP contribution in [0.15, 0.2) is 22.8 Å². The molecule has 0 aromatic rings. The zero-order chi connectivity index (χ0) is 11.6. The Hall–Kier alpha value is -0.520. The van der Waals surface area contributed by atoms with Gasteiger partial charge in [-0.2, -0.15) is 0 Å². The van der Waals surface area contributed by atoms with Crippen molar-refractivity contribution in [2.45, 2.75) is 67.7 Å². The van der Waals surface area contributed by atoms with Gasteiger partial charge in [0.25, 0.3) is 0 Å². The van der Waals surface area contributed by atoms with E-state index in [9.17, 15) is 0 Å². The molecule has 0 spiro atoms. The highest BCUT2D eigenvalue weighted by atomic mass is 14.1. The number of hydrogen-bond donors (Lipinski definition) is 0. The Kier molecular flexibility index (Phi) is 12.0. The molecule has 0 bridgehead atoms. The maximum Gasteiger partial charge on any atom is -0.0282 e. The summed E-state index contributed by atoms with van der Waals surface area (Å²) in [7, 11) is 0. The quantitative estimate of drug-likeness (QED) is 0.479. The van der Waals surface area contributed by atoms with Crippen LogP contribution in [0.25, 0.3) is 0 Å². The van der Waals surface area contributed by atoms with Crippen molar-refractivity contribution in [2.75, 3.05) is 0 Å². The van der Waals surface area contributed by atoms with Crippen LogP contribution in [-0.2, 0) is 0 Å². The molecule has 0 amide bonds. The SMILES string of the molecule is CC.CC1=CCCC(C)=C1C.CCC. The first kappa shape index (κ1) is 15.9. The van der Waals surface area contributed by atoms with E-state index >= 15 is 0 Å². The Balaban J connectivity index is 0. The van der Waals surface area contributed by atoms with E-state index in [1.807, 2.05) is 13.8 Å². The van der Waals surface area contributed by atoms with Crippen LogP contribution in [0.2, 0.25) is 0 Å². The van der Waals surface area contributed by atoms with Gasteiger partial charge in [0.15, 0.2) is 0 Å². The highest BCUT2D eigenvalue weighted by Crippen LogP contribution is 2.23. The summed E-state index contributed by atoms with van der Waals surface area (Å²) in [6.07, 6.45) is 6.08. The van der Waals surface area contributed by atoms with Crippen LogP contribution in [-0.4, -0.2) is 0 Å². The summed E-state index contributed by atoms with van der Waals surface area (Å²) in [6, 6.07) is 0. The zero-order valence-corrected chi connectivity index (χ0v) is 11.2. The normalized spacial score (nSPS) is 14.6. The van der Waals surface area contributed by atoms with Crippen molar-refractivity contribution in [1.29, 1.82) is 0 Å². The van der Waals surface area contributed by atoms with Crippen molar-refractivity contribution < 1.29 is 0 Å². The number of rotatable bonds is 0. The Bertz CT molecular complexity index is 182. The van der Waals surface area contributed by atoms with Crippen molar-refractivity contribution in [3.05, 3.63) is 22.8 Å². The standard InChI is InChI=1S/C9H14.C3H8.C2H6/c1-7-5-4-6-8(2)9(7)3;1-3-2;1-2/h5H,4,6H2,1-3H3;3H2,1-2H3;1-2H3. The van der Waals surface area contributed by atoms with Gasteiger partial charge in [-0.25, -0.2) is 0 Å². The number of hydrogen-bond acceptors (Lipinski definition) is 0. The molecule has 0 heteroatoms. The molecule has 0 unspecified atom stereocenters. The monoisotopic (exact) mass is 196 g/mol. The first-order valence-corrected chi connectivity index (χ1v) is 5.96. The van der Waals surface area contributed by atoms with Crippen LogP contribution in [0.1, 0.15) is 67.7 Å². The minimum atomic E-state index is 1.25. The second-order valence-corrected chi connectivity index (χ2v) is 3.54. The molecule has 0 aromatic heterocycles. The van der Waals surface area contributed by atoms with Gasteiger partial charge in [-0.1, -0.05) is 51.3 Å². The maximum absolute atomic E-state index is 2.32. The predicted octanol–water partition coefficient (Wildman–Crippen LogP) is 5.51. The van der Waals surface area contributed by atoms with Gasteiger partial charge < -0.3 is 0 Å². The third-order valence-corrected chi connectivity index (χ3v) is 2.20. The first-order chi connectivity index (χ1) is 6.63. The maximum atomic E-state index is 2.32. The van der Waals surface area contributed by atoms with Crippen molar-refractivity contribution in [3.8, 4) is 0 Å². The predicted molar refractivity (Wildman–Crippen MR) is 68.7 cm³/mol. The molecule has 0 radical (unpaired) electrons. The molecule has 1 aliphatic rings. The Morgan fingerprint density at radius 1 is 1.07 bits per heavy atom. The molecule has 1 rings (SSSR count). The van der Waals surface area contributed by atoms with Crippen LogP contribution in [0, 0.1) is 0 Å². The third kappa shape index (κ3) is 6.94.